The van der Waals surface area contributed by atoms with Gasteiger partial charge in [-0.3, -0.25) is 0 Å². The van der Waals surface area contributed by atoms with E-state index in [1.165, 1.54) is 0 Å². The second-order valence-corrected chi connectivity index (χ2v) is 4.99. The molecule has 2 amide bonds. The summed E-state index contributed by atoms with van der Waals surface area (Å²) in [5.41, 5.74) is 0.924. The molecule has 1 rings (SSSR count). The first-order valence-corrected chi connectivity index (χ1v) is 7.52. The van der Waals surface area contributed by atoms with Crippen molar-refractivity contribution in [1.82, 2.24) is 15.5 Å². The number of hydrogen-bond acceptors (Lipinski definition) is 2. The molecule has 0 aromatic heterocycles. The fraction of sp³-hybridized carbons (Fsp3) is 0.533. The standard InChI is InChI=1S/C15H24ClN3O/c1-3-19(4-2)11-7-10-17-15(20)18-12-13-8-5-6-9-14(13)16/h5-6,8-9H,3-4,7,10-12H2,1-2H3,(H2,17,18,20). The minimum atomic E-state index is -0.149. The Morgan fingerprint density at radius 3 is 2.55 bits per heavy atom. The third-order valence-corrected chi connectivity index (χ3v) is 3.60. The summed E-state index contributed by atoms with van der Waals surface area (Å²) in [6, 6.07) is 7.36. The number of benzene rings is 1. The molecule has 1 aromatic carbocycles. The van der Waals surface area contributed by atoms with Crippen LogP contribution in [0.25, 0.3) is 0 Å². The molecule has 0 atom stereocenters. The van der Waals surface area contributed by atoms with Gasteiger partial charge in [-0.15, -0.1) is 0 Å². The summed E-state index contributed by atoms with van der Waals surface area (Å²) in [7, 11) is 0. The molecule has 4 nitrogen and oxygen atoms in total. The number of amides is 2. The van der Waals surface area contributed by atoms with Crippen LogP contribution in [0.3, 0.4) is 0 Å². The van der Waals surface area contributed by atoms with Gasteiger partial charge in [-0.1, -0.05) is 43.6 Å². The lowest BCUT2D eigenvalue weighted by atomic mass is 10.2. The molecular formula is C15H24ClN3O. The van der Waals surface area contributed by atoms with Crippen molar-refractivity contribution in [3.63, 3.8) is 0 Å². The number of nitrogens with zero attached hydrogens (tertiary/aromatic N) is 1. The van der Waals surface area contributed by atoms with Crippen molar-refractivity contribution in [3.05, 3.63) is 34.9 Å². The number of rotatable bonds is 8. The van der Waals surface area contributed by atoms with Gasteiger partial charge in [0.1, 0.15) is 0 Å². The fourth-order valence-corrected chi connectivity index (χ4v) is 2.13. The Bertz CT molecular complexity index is 408. The predicted molar refractivity (Wildman–Crippen MR) is 84.1 cm³/mol. The lowest BCUT2D eigenvalue weighted by Crippen LogP contribution is -2.37. The minimum absolute atomic E-state index is 0.149. The highest BCUT2D eigenvalue weighted by Crippen LogP contribution is 2.13. The quantitative estimate of drug-likeness (QED) is 0.725. The van der Waals surface area contributed by atoms with Crippen molar-refractivity contribution in [3.8, 4) is 0 Å². The Balaban J connectivity index is 2.16. The summed E-state index contributed by atoms with van der Waals surface area (Å²) in [6.45, 7) is 8.54. The Morgan fingerprint density at radius 2 is 1.90 bits per heavy atom. The van der Waals surface area contributed by atoms with Crippen LogP contribution in [0.15, 0.2) is 24.3 Å². The molecule has 0 aliphatic rings. The maximum Gasteiger partial charge on any atom is 0.315 e. The van der Waals surface area contributed by atoms with Crippen LogP contribution < -0.4 is 10.6 Å². The average molecular weight is 298 g/mol. The Morgan fingerprint density at radius 1 is 1.20 bits per heavy atom. The van der Waals surface area contributed by atoms with Crippen LogP contribution in [0.2, 0.25) is 5.02 Å². The average Bonchev–Trinajstić information content (AvgIpc) is 2.46. The molecule has 0 saturated heterocycles. The Labute approximate surface area is 126 Å². The molecule has 20 heavy (non-hydrogen) atoms. The number of nitrogens with one attached hydrogen (secondary N) is 2. The molecule has 0 saturated carbocycles. The van der Waals surface area contributed by atoms with Gasteiger partial charge in [0.25, 0.3) is 0 Å². The third kappa shape index (κ3) is 6.26. The number of hydrogen-bond donors (Lipinski definition) is 2. The topological polar surface area (TPSA) is 44.4 Å². The normalized spacial score (nSPS) is 10.6. The van der Waals surface area contributed by atoms with Crippen molar-refractivity contribution in [2.24, 2.45) is 0 Å². The summed E-state index contributed by atoms with van der Waals surface area (Å²) in [5.74, 6) is 0. The fourth-order valence-electron chi connectivity index (χ4n) is 1.92. The molecule has 1 aromatic rings. The first kappa shape index (κ1) is 16.8. The number of urea groups is 1. The third-order valence-electron chi connectivity index (χ3n) is 3.23. The van der Waals surface area contributed by atoms with E-state index in [-0.39, 0.29) is 6.03 Å². The summed E-state index contributed by atoms with van der Waals surface area (Å²) >= 11 is 6.02. The van der Waals surface area contributed by atoms with Crippen molar-refractivity contribution in [1.29, 1.82) is 0 Å². The smallest absolute Gasteiger partial charge is 0.315 e. The number of carbonyl (C=O) groups is 1. The lowest BCUT2D eigenvalue weighted by molar-refractivity contribution is 0.239. The lowest BCUT2D eigenvalue weighted by Gasteiger charge is -2.17. The van der Waals surface area contributed by atoms with Crippen molar-refractivity contribution >= 4 is 17.6 Å². The monoisotopic (exact) mass is 297 g/mol. The van der Waals surface area contributed by atoms with Crippen LogP contribution in [0.1, 0.15) is 25.8 Å². The molecule has 0 spiro atoms. The van der Waals surface area contributed by atoms with Gasteiger partial charge in [0, 0.05) is 18.1 Å². The maximum atomic E-state index is 11.6. The zero-order valence-corrected chi connectivity index (χ0v) is 13.0. The van der Waals surface area contributed by atoms with E-state index in [1.807, 2.05) is 24.3 Å². The van der Waals surface area contributed by atoms with Gasteiger partial charge >= 0.3 is 6.03 Å². The van der Waals surface area contributed by atoms with E-state index in [0.717, 1.165) is 31.6 Å². The van der Waals surface area contributed by atoms with Crippen LogP contribution in [0.4, 0.5) is 4.79 Å². The second-order valence-electron chi connectivity index (χ2n) is 4.58. The van der Waals surface area contributed by atoms with Crippen molar-refractivity contribution in [2.75, 3.05) is 26.2 Å². The van der Waals surface area contributed by atoms with Crippen LogP contribution in [-0.4, -0.2) is 37.1 Å². The summed E-state index contributed by atoms with van der Waals surface area (Å²) in [4.78, 5) is 14.0. The van der Waals surface area contributed by atoms with Gasteiger partial charge in [0.2, 0.25) is 0 Å². The number of halogens is 1. The Kier molecular flexibility index (Phi) is 8.07. The van der Waals surface area contributed by atoms with Gasteiger partial charge in [0.15, 0.2) is 0 Å². The summed E-state index contributed by atoms with van der Waals surface area (Å²) < 4.78 is 0. The van der Waals surface area contributed by atoms with Gasteiger partial charge in [-0.2, -0.15) is 0 Å². The molecule has 2 N–H and O–H groups in total. The molecule has 0 bridgehead atoms. The molecule has 5 heteroatoms. The van der Waals surface area contributed by atoms with Gasteiger partial charge in [-0.25, -0.2) is 4.79 Å². The van der Waals surface area contributed by atoms with E-state index in [4.69, 9.17) is 11.6 Å². The zero-order chi connectivity index (χ0) is 14.8. The minimum Gasteiger partial charge on any atom is -0.338 e. The molecule has 112 valence electrons. The highest BCUT2D eigenvalue weighted by Gasteiger charge is 2.03. The molecule has 0 fully saturated rings. The Hall–Kier alpha value is -1.26. The van der Waals surface area contributed by atoms with E-state index in [2.05, 4.69) is 29.4 Å². The molecular weight excluding hydrogens is 274 g/mol. The van der Waals surface area contributed by atoms with Crippen molar-refractivity contribution in [2.45, 2.75) is 26.8 Å². The molecule has 0 aliphatic heterocycles. The first-order valence-electron chi connectivity index (χ1n) is 7.14. The molecule has 0 aliphatic carbocycles. The van der Waals surface area contributed by atoms with Gasteiger partial charge < -0.3 is 15.5 Å². The zero-order valence-electron chi connectivity index (χ0n) is 12.3. The largest absolute Gasteiger partial charge is 0.338 e. The van der Waals surface area contributed by atoms with Crippen LogP contribution >= 0.6 is 11.6 Å². The highest BCUT2D eigenvalue weighted by molar-refractivity contribution is 6.31. The number of carbonyl (C=O) groups excluding carboxylic acids is 1. The van der Waals surface area contributed by atoms with Crippen molar-refractivity contribution < 1.29 is 4.79 Å². The molecule has 0 heterocycles. The SMILES string of the molecule is CCN(CC)CCCNC(=O)NCc1ccccc1Cl. The predicted octanol–water partition coefficient (Wildman–Crippen LogP) is 2.87. The first-order chi connectivity index (χ1) is 9.67. The molecule has 0 radical (unpaired) electrons. The van der Waals surface area contributed by atoms with Gasteiger partial charge in [0.05, 0.1) is 0 Å². The van der Waals surface area contributed by atoms with Crippen LogP contribution in [0, 0.1) is 0 Å². The summed E-state index contributed by atoms with van der Waals surface area (Å²) in [5, 5.41) is 6.34. The van der Waals surface area contributed by atoms with E-state index >= 15 is 0 Å². The molecule has 0 unspecified atom stereocenters. The van der Waals surface area contributed by atoms with E-state index < -0.39 is 0 Å². The van der Waals surface area contributed by atoms with E-state index in [9.17, 15) is 4.79 Å². The maximum absolute atomic E-state index is 11.6. The second kappa shape index (κ2) is 9.61. The highest BCUT2D eigenvalue weighted by atomic mass is 35.5. The van der Waals surface area contributed by atoms with E-state index in [1.54, 1.807) is 0 Å². The van der Waals surface area contributed by atoms with Gasteiger partial charge in [-0.05, 0) is 37.7 Å². The van der Waals surface area contributed by atoms with Crippen LogP contribution in [0.5, 0.6) is 0 Å². The summed E-state index contributed by atoms with van der Waals surface area (Å²) in [6.07, 6.45) is 0.960. The van der Waals surface area contributed by atoms with Crippen LogP contribution in [-0.2, 0) is 6.54 Å². The van der Waals surface area contributed by atoms with E-state index in [0.29, 0.717) is 18.1 Å².